The van der Waals surface area contributed by atoms with E-state index in [1.165, 1.54) is 12.8 Å². The molecule has 2 atom stereocenters. The Morgan fingerprint density at radius 2 is 1.70 bits per heavy atom. The monoisotopic (exact) mass is 380 g/mol. The number of nitrogens with zero attached hydrogens (tertiary/aromatic N) is 2. The Balaban J connectivity index is 1.48. The second kappa shape index (κ2) is 7.79. The molecular weight excluding hydrogens is 356 g/mol. The van der Waals surface area contributed by atoms with Crippen LogP contribution in [0.1, 0.15) is 25.5 Å². The first-order chi connectivity index (χ1) is 13.1. The van der Waals surface area contributed by atoms with Crippen LogP contribution in [0.25, 0.3) is 22.6 Å². The van der Waals surface area contributed by atoms with Crippen molar-refractivity contribution in [2.24, 2.45) is 0 Å². The molecule has 0 spiro atoms. The SMILES string of the molecule is CC1CCCN1Cc1coc(-c2ccc(-c3ccc(S(C)=O)cc3)cc2)n1. The minimum absolute atomic E-state index is 0.626. The van der Waals surface area contributed by atoms with Gasteiger partial charge >= 0.3 is 0 Å². The summed E-state index contributed by atoms with van der Waals surface area (Å²) in [7, 11) is -0.948. The average molecular weight is 381 g/mol. The molecule has 1 fully saturated rings. The third-order valence-corrected chi connectivity index (χ3v) is 6.19. The van der Waals surface area contributed by atoms with Crippen molar-refractivity contribution in [3.63, 3.8) is 0 Å². The van der Waals surface area contributed by atoms with Crippen molar-refractivity contribution < 1.29 is 8.63 Å². The topological polar surface area (TPSA) is 46.3 Å². The summed E-state index contributed by atoms with van der Waals surface area (Å²) < 4.78 is 17.2. The highest BCUT2D eigenvalue weighted by molar-refractivity contribution is 7.84. The molecule has 0 amide bonds. The first kappa shape index (κ1) is 18.1. The summed E-state index contributed by atoms with van der Waals surface area (Å²) in [6.45, 7) is 4.27. The lowest BCUT2D eigenvalue weighted by atomic mass is 10.0. The van der Waals surface area contributed by atoms with Gasteiger partial charge in [0.05, 0.1) is 5.69 Å². The Morgan fingerprint density at radius 1 is 1.07 bits per heavy atom. The maximum atomic E-state index is 11.5. The highest BCUT2D eigenvalue weighted by atomic mass is 32.2. The van der Waals surface area contributed by atoms with Gasteiger partial charge in [-0.15, -0.1) is 0 Å². The van der Waals surface area contributed by atoms with Crippen LogP contribution in [-0.2, 0) is 17.3 Å². The van der Waals surface area contributed by atoms with Crippen LogP contribution in [0.3, 0.4) is 0 Å². The van der Waals surface area contributed by atoms with Crippen molar-refractivity contribution in [3.8, 4) is 22.6 Å². The summed E-state index contributed by atoms with van der Waals surface area (Å²) in [5.41, 5.74) is 4.19. The summed E-state index contributed by atoms with van der Waals surface area (Å²) in [6, 6.07) is 16.7. The first-order valence-electron chi connectivity index (χ1n) is 9.33. The maximum Gasteiger partial charge on any atom is 0.226 e. The van der Waals surface area contributed by atoms with Crippen molar-refractivity contribution in [2.45, 2.75) is 37.2 Å². The van der Waals surface area contributed by atoms with Crippen molar-refractivity contribution in [1.82, 2.24) is 9.88 Å². The summed E-state index contributed by atoms with van der Waals surface area (Å²) in [4.78, 5) is 7.97. The maximum absolute atomic E-state index is 11.5. The summed E-state index contributed by atoms with van der Waals surface area (Å²) in [5.74, 6) is 0.667. The van der Waals surface area contributed by atoms with Gasteiger partial charge in [-0.05, 0) is 61.7 Å². The largest absolute Gasteiger partial charge is 0.444 e. The number of likely N-dealkylation sites (tertiary alicyclic amines) is 1. The van der Waals surface area contributed by atoms with Gasteiger partial charge in [0.25, 0.3) is 0 Å². The Kier molecular flexibility index (Phi) is 5.23. The van der Waals surface area contributed by atoms with Crippen molar-refractivity contribution >= 4 is 10.8 Å². The zero-order chi connectivity index (χ0) is 18.8. The van der Waals surface area contributed by atoms with Crippen LogP contribution in [0, 0.1) is 0 Å². The van der Waals surface area contributed by atoms with Crippen LogP contribution in [0.2, 0.25) is 0 Å². The zero-order valence-corrected chi connectivity index (χ0v) is 16.5. The number of hydrogen-bond acceptors (Lipinski definition) is 4. The number of hydrogen-bond donors (Lipinski definition) is 0. The second-order valence-electron chi connectivity index (χ2n) is 7.16. The van der Waals surface area contributed by atoms with Crippen LogP contribution >= 0.6 is 0 Å². The Bertz CT molecular complexity index is 932. The predicted molar refractivity (Wildman–Crippen MR) is 109 cm³/mol. The molecule has 0 aliphatic carbocycles. The van der Waals surface area contributed by atoms with E-state index >= 15 is 0 Å². The number of oxazole rings is 1. The van der Waals surface area contributed by atoms with Gasteiger partial charge in [-0.1, -0.05) is 24.3 Å². The molecule has 2 heterocycles. The zero-order valence-electron chi connectivity index (χ0n) is 15.7. The van der Waals surface area contributed by atoms with E-state index in [1.54, 1.807) is 12.5 Å². The highest BCUT2D eigenvalue weighted by Gasteiger charge is 2.21. The molecule has 0 radical (unpaired) electrons. The van der Waals surface area contributed by atoms with Crippen molar-refractivity contribution in [2.75, 3.05) is 12.8 Å². The Labute approximate surface area is 162 Å². The fourth-order valence-corrected chi connectivity index (χ4v) is 4.11. The Morgan fingerprint density at radius 3 is 2.30 bits per heavy atom. The minimum atomic E-state index is -0.948. The third kappa shape index (κ3) is 4.04. The molecule has 1 aromatic heterocycles. The molecule has 0 saturated carbocycles. The third-order valence-electron chi connectivity index (χ3n) is 5.26. The summed E-state index contributed by atoms with van der Waals surface area (Å²) in [6.07, 6.45) is 6.00. The van der Waals surface area contributed by atoms with Crippen molar-refractivity contribution in [3.05, 3.63) is 60.5 Å². The molecule has 4 rings (SSSR count). The molecule has 0 N–H and O–H groups in total. The first-order valence-corrected chi connectivity index (χ1v) is 10.9. The summed E-state index contributed by atoms with van der Waals surface area (Å²) in [5, 5.41) is 0. The standard InChI is InChI=1S/C22H24N2O2S/c1-16-4-3-13-24(16)14-20-15-26-22(23-20)19-7-5-17(6-8-19)18-9-11-21(12-10-18)27(2)25/h5-12,15-16H,3-4,13-14H2,1-2H3. The van der Waals surface area contributed by atoms with Crippen LogP contribution in [-0.4, -0.2) is 32.9 Å². The van der Waals surface area contributed by atoms with E-state index in [2.05, 4.69) is 28.9 Å². The van der Waals surface area contributed by atoms with Gasteiger partial charge < -0.3 is 4.42 Å². The molecule has 2 unspecified atom stereocenters. The van der Waals surface area contributed by atoms with Gasteiger partial charge in [-0.3, -0.25) is 9.11 Å². The van der Waals surface area contributed by atoms with E-state index in [0.717, 1.165) is 40.4 Å². The summed E-state index contributed by atoms with van der Waals surface area (Å²) >= 11 is 0. The van der Waals surface area contributed by atoms with Crippen LogP contribution < -0.4 is 0 Å². The molecule has 1 saturated heterocycles. The number of aromatic nitrogens is 1. The molecule has 2 aromatic carbocycles. The van der Waals surface area contributed by atoms with Crippen molar-refractivity contribution in [1.29, 1.82) is 0 Å². The molecular formula is C22H24N2O2S. The van der Waals surface area contributed by atoms with E-state index in [-0.39, 0.29) is 0 Å². The highest BCUT2D eigenvalue weighted by Crippen LogP contribution is 2.26. The predicted octanol–water partition coefficient (Wildman–Crippen LogP) is 4.73. The molecule has 1 aliphatic rings. The van der Waals surface area contributed by atoms with E-state index < -0.39 is 10.8 Å². The second-order valence-corrected chi connectivity index (χ2v) is 8.54. The quantitative estimate of drug-likeness (QED) is 0.642. The fraction of sp³-hybridized carbons (Fsp3) is 0.318. The van der Waals surface area contributed by atoms with Gasteiger partial charge in [0.15, 0.2) is 0 Å². The number of rotatable bonds is 5. The van der Waals surface area contributed by atoms with Crippen LogP contribution in [0.15, 0.2) is 64.1 Å². The molecule has 3 aromatic rings. The van der Waals surface area contributed by atoms with Gasteiger partial charge in [0.1, 0.15) is 6.26 Å². The van der Waals surface area contributed by atoms with E-state index in [1.807, 2.05) is 36.4 Å². The molecule has 1 aliphatic heterocycles. The van der Waals surface area contributed by atoms with E-state index in [0.29, 0.717) is 11.9 Å². The van der Waals surface area contributed by atoms with Gasteiger partial charge in [0.2, 0.25) is 5.89 Å². The lowest BCUT2D eigenvalue weighted by Crippen LogP contribution is -2.26. The Hall–Kier alpha value is -2.24. The smallest absolute Gasteiger partial charge is 0.226 e. The van der Waals surface area contributed by atoms with E-state index in [4.69, 9.17) is 4.42 Å². The minimum Gasteiger partial charge on any atom is -0.444 e. The average Bonchev–Trinajstić information content (AvgIpc) is 3.32. The molecule has 140 valence electrons. The van der Waals surface area contributed by atoms with Gasteiger partial charge in [0, 0.05) is 40.1 Å². The molecule has 5 heteroatoms. The van der Waals surface area contributed by atoms with Crippen LogP contribution in [0.4, 0.5) is 0 Å². The normalized spacial score (nSPS) is 18.7. The molecule has 27 heavy (non-hydrogen) atoms. The lowest BCUT2D eigenvalue weighted by molar-refractivity contribution is 0.257. The molecule has 0 bridgehead atoms. The number of benzene rings is 2. The fourth-order valence-electron chi connectivity index (χ4n) is 3.59. The van der Waals surface area contributed by atoms with Gasteiger partial charge in [-0.25, -0.2) is 4.98 Å². The van der Waals surface area contributed by atoms with Crippen LogP contribution in [0.5, 0.6) is 0 Å². The van der Waals surface area contributed by atoms with E-state index in [9.17, 15) is 4.21 Å². The lowest BCUT2D eigenvalue weighted by Gasteiger charge is -2.18. The molecule has 4 nitrogen and oxygen atoms in total. The van der Waals surface area contributed by atoms with Gasteiger partial charge in [-0.2, -0.15) is 0 Å².